The van der Waals surface area contributed by atoms with Gasteiger partial charge in [0.2, 0.25) is 0 Å². The summed E-state index contributed by atoms with van der Waals surface area (Å²) in [5, 5.41) is 5.15. The third-order valence-corrected chi connectivity index (χ3v) is 6.16. The average Bonchev–Trinajstić information content (AvgIpc) is 2.71. The van der Waals surface area contributed by atoms with Gasteiger partial charge in [-0.2, -0.15) is 0 Å². The van der Waals surface area contributed by atoms with Gasteiger partial charge >= 0.3 is 0 Å². The van der Waals surface area contributed by atoms with Crippen LogP contribution in [0.1, 0.15) is 48.2 Å². The number of nitrogens with zero attached hydrogens (tertiary/aromatic N) is 1. The van der Waals surface area contributed by atoms with Gasteiger partial charge in [0, 0.05) is 17.3 Å². The highest BCUT2D eigenvalue weighted by molar-refractivity contribution is 7.11. The van der Waals surface area contributed by atoms with Crippen molar-refractivity contribution in [2.75, 3.05) is 6.54 Å². The number of aromatic nitrogens is 1. The van der Waals surface area contributed by atoms with E-state index in [1.807, 2.05) is 11.3 Å². The molecule has 0 spiro atoms. The van der Waals surface area contributed by atoms with E-state index in [0.717, 1.165) is 30.7 Å². The zero-order valence-electron chi connectivity index (χ0n) is 12.4. The number of aryl methyl sites for hydroxylation is 2. The van der Waals surface area contributed by atoms with Gasteiger partial charge in [0.1, 0.15) is 0 Å². The van der Waals surface area contributed by atoms with Crippen LogP contribution >= 0.6 is 11.3 Å². The largest absolute Gasteiger partial charge is 0.313 e. The van der Waals surface area contributed by atoms with Crippen molar-refractivity contribution in [1.29, 1.82) is 0 Å². The first-order valence-electron chi connectivity index (χ1n) is 7.87. The predicted octanol–water partition coefficient (Wildman–Crippen LogP) is 3.72. The first-order valence-corrected chi connectivity index (χ1v) is 8.68. The van der Waals surface area contributed by atoms with Crippen molar-refractivity contribution in [3.8, 4) is 0 Å². The Kier molecular flexibility index (Phi) is 3.95. The van der Waals surface area contributed by atoms with Gasteiger partial charge < -0.3 is 5.32 Å². The van der Waals surface area contributed by atoms with E-state index in [1.165, 1.54) is 41.3 Å². The van der Waals surface area contributed by atoms with Gasteiger partial charge in [-0.3, -0.25) is 0 Å². The zero-order chi connectivity index (χ0) is 13.4. The molecule has 3 atom stereocenters. The van der Waals surface area contributed by atoms with E-state index in [9.17, 15) is 0 Å². The first-order chi connectivity index (χ1) is 9.20. The SMILES string of the molecule is CCCNC(Cc1nc(C)c(C)s1)C1C2CCCC21. The quantitative estimate of drug-likeness (QED) is 0.858. The molecule has 2 fully saturated rings. The molecule has 0 aliphatic heterocycles. The molecule has 1 heterocycles. The smallest absolute Gasteiger partial charge is 0.0946 e. The summed E-state index contributed by atoms with van der Waals surface area (Å²) in [5.74, 6) is 3.03. The Morgan fingerprint density at radius 3 is 2.63 bits per heavy atom. The summed E-state index contributed by atoms with van der Waals surface area (Å²) in [4.78, 5) is 6.13. The fourth-order valence-electron chi connectivity index (χ4n) is 3.96. The second-order valence-corrected chi connectivity index (χ2v) is 7.64. The Bertz CT molecular complexity index is 410. The molecule has 2 aliphatic carbocycles. The summed E-state index contributed by atoms with van der Waals surface area (Å²) < 4.78 is 0. The van der Waals surface area contributed by atoms with Crippen molar-refractivity contribution < 1.29 is 0 Å². The Labute approximate surface area is 121 Å². The van der Waals surface area contributed by atoms with Crippen LogP contribution in [0.25, 0.3) is 0 Å². The summed E-state index contributed by atoms with van der Waals surface area (Å²) in [7, 11) is 0. The summed E-state index contributed by atoms with van der Waals surface area (Å²) in [5.41, 5.74) is 1.23. The topological polar surface area (TPSA) is 24.9 Å². The molecule has 3 rings (SSSR count). The molecule has 0 saturated heterocycles. The molecule has 0 amide bonds. The Morgan fingerprint density at radius 2 is 2.05 bits per heavy atom. The molecule has 0 bridgehead atoms. The Balaban J connectivity index is 1.65. The lowest BCUT2D eigenvalue weighted by Gasteiger charge is -2.19. The summed E-state index contributed by atoms with van der Waals surface area (Å²) in [6, 6.07) is 0.681. The van der Waals surface area contributed by atoms with Gasteiger partial charge in [-0.1, -0.05) is 13.3 Å². The number of thiazole rings is 1. The van der Waals surface area contributed by atoms with Crippen LogP contribution in [0.5, 0.6) is 0 Å². The molecule has 2 nitrogen and oxygen atoms in total. The van der Waals surface area contributed by atoms with E-state index < -0.39 is 0 Å². The Morgan fingerprint density at radius 1 is 1.32 bits per heavy atom. The number of hydrogen-bond acceptors (Lipinski definition) is 3. The van der Waals surface area contributed by atoms with Crippen LogP contribution in [0.4, 0.5) is 0 Å². The van der Waals surface area contributed by atoms with E-state index in [-0.39, 0.29) is 0 Å². The lowest BCUT2D eigenvalue weighted by molar-refractivity contribution is 0.403. The van der Waals surface area contributed by atoms with Gasteiger partial charge in [0.05, 0.1) is 10.7 Å². The minimum Gasteiger partial charge on any atom is -0.313 e. The molecule has 0 radical (unpaired) electrons. The number of rotatable bonds is 6. The summed E-state index contributed by atoms with van der Waals surface area (Å²) in [6.07, 6.45) is 6.82. The number of hydrogen-bond donors (Lipinski definition) is 1. The van der Waals surface area contributed by atoms with Gasteiger partial charge in [0.15, 0.2) is 0 Å². The molecule has 3 unspecified atom stereocenters. The van der Waals surface area contributed by atoms with Crippen LogP contribution in [-0.2, 0) is 6.42 Å². The molecular formula is C16H26N2S. The fourth-order valence-corrected chi connectivity index (χ4v) is 4.95. The second-order valence-electron chi connectivity index (χ2n) is 6.35. The van der Waals surface area contributed by atoms with E-state index in [0.29, 0.717) is 6.04 Å². The molecule has 0 aromatic carbocycles. The van der Waals surface area contributed by atoms with Crippen LogP contribution < -0.4 is 5.32 Å². The minimum atomic E-state index is 0.681. The standard InChI is InChI=1S/C16H26N2S/c1-4-8-17-14(16-12-6-5-7-13(12)16)9-15-18-10(2)11(3)19-15/h12-14,16-17H,4-9H2,1-3H3. The monoisotopic (exact) mass is 278 g/mol. The second kappa shape index (κ2) is 5.53. The van der Waals surface area contributed by atoms with Crippen molar-refractivity contribution in [2.45, 2.75) is 58.9 Å². The van der Waals surface area contributed by atoms with Crippen LogP contribution in [0.15, 0.2) is 0 Å². The average molecular weight is 278 g/mol. The normalized spacial score (nSPS) is 30.4. The lowest BCUT2D eigenvalue weighted by atomic mass is 10.0. The van der Waals surface area contributed by atoms with Crippen molar-refractivity contribution in [3.63, 3.8) is 0 Å². The van der Waals surface area contributed by atoms with Crippen molar-refractivity contribution in [1.82, 2.24) is 10.3 Å². The molecule has 1 aromatic heterocycles. The zero-order valence-corrected chi connectivity index (χ0v) is 13.2. The highest BCUT2D eigenvalue weighted by Gasteiger charge is 2.55. The fraction of sp³-hybridized carbons (Fsp3) is 0.812. The van der Waals surface area contributed by atoms with Crippen molar-refractivity contribution >= 4 is 11.3 Å². The summed E-state index contributed by atoms with van der Waals surface area (Å²) in [6.45, 7) is 7.74. The third kappa shape index (κ3) is 2.73. The molecule has 2 aliphatic rings. The van der Waals surface area contributed by atoms with Gasteiger partial charge in [-0.15, -0.1) is 11.3 Å². The van der Waals surface area contributed by atoms with Crippen molar-refractivity contribution in [2.24, 2.45) is 17.8 Å². The highest BCUT2D eigenvalue weighted by atomic mass is 32.1. The molecule has 1 aromatic rings. The van der Waals surface area contributed by atoms with Gasteiger partial charge in [-0.05, 0) is 57.4 Å². The molecule has 19 heavy (non-hydrogen) atoms. The van der Waals surface area contributed by atoms with Crippen LogP contribution in [0.2, 0.25) is 0 Å². The minimum absolute atomic E-state index is 0.681. The van der Waals surface area contributed by atoms with Crippen molar-refractivity contribution in [3.05, 3.63) is 15.6 Å². The summed E-state index contributed by atoms with van der Waals surface area (Å²) >= 11 is 1.90. The Hall–Kier alpha value is -0.410. The van der Waals surface area contributed by atoms with Crippen LogP contribution in [0, 0.1) is 31.6 Å². The maximum absolute atomic E-state index is 4.74. The first kappa shape index (κ1) is 13.6. The lowest BCUT2D eigenvalue weighted by Crippen LogP contribution is -2.35. The van der Waals surface area contributed by atoms with E-state index in [4.69, 9.17) is 4.98 Å². The van der Waals surface area contributed by atoms with Gasteiger partial charge in [0.25, 0.3) is 0 Å². The van der Waals surface area contributed by atoms with Gasteiger partial charge in [-0.25, -0.2) is 4.98 Å². The molecular weight excluding hydrogens is 252 g/mol. The maximum Gasteiger partial charge on any atom is 0.0946 e. The molecule has 3 heteroatoms. The van der Waals surface area contributed by atoms with E-state index in [1.54, 1.807) is 0 Å². The number of fused-ring (bicyclic) bond motifs is 1. The maximum atomic E-state index is 4.74. The molecule has 1 N–H and O–H groups in total. The van der Waals surface area contributed by atoms with Crippen LogP contribution in [0.3, 0.4) is 0 Å². The number of nitrogens with one attached hydrogen (secondary N) is 1. The molecule has 106 valence electrons. The van der Waals surface area contributed by atoms with E-state index >= 15 is 0 Å². The predicted molar refractivity (Wildman–Crippen MR) is 81.7 cm³/mol. The van der Waals surface area contributed by atoms with Crippen LogP contribution in [-0.4, -0.2) is 17.6 Å². The third-order valence-electron chi connectivity index (χ3n) is 5.06. The highest BCUT2D eigenvalue weighted by Crippen LogP contribution is 2.59. The molecule has 2 saturated carbocycles. The van der Waals surface area contributed by atoms with E-state index in [2.05, 4.69) is 26.1 Å².